The van der Waals surface area contributed by atoms with Gasteiger partial charge in [0, 0.05) is 14.2 Å². The standard InChI is InChI=1S/C21H22N2O5/c1-15-18(21(24)23(22-15)17-7-5-4-6-8-17)11-16-9-10-19(27-13-25-2)20(12-16)28-14-26-3/h4-12,22H,1,13-14H2,2-3H3. The lowest BCUT2D eigenvalue weighted by Gasteiger charge is -2.12. The van der Waals surface area contributed by atoms with E-state index in [1.165, 1.54) is 18.9 Å². The molecule has 3 aromatic rings. The normalized spacial score (nSPS) is 11.6. The van der Waals surface area contributed by atoms with Crippen molar-refractivity contribution in [3.8, 4) is 17.2 Å². The van der Waals surface area contributed by atoms with Crippen LogP contribution in [0, 0.1) is 0 Å². The van der Waals surface area contributed by atoms with Crippen molar-refractivity contribution < 1.29 is 18.9 Å². The molecule has 1 heterocycles. The van der Waals surface area contributed by atoms with Crippen LogP contribution in [0.25, 0.3) is 18.3 Å². The average Bonchev–Trinajstić information content (AvgIpc) is 3.00. The molecule has 1 aromatic heterocycles. The van der Waals surface area contributed by atoms with E-state index in [9.17, 15) is 4.79 Å². The highest BCUT2D eigenvalue weighted by Crippen LogP contribution is 2.28. The summed E-state index contributed by atoms with van der Waals surface area (Å²) < 4.78 is 22.4. The highest BCUT2D eigenvalue weighted by atomic mass is 16.7. The Labute approximate surface area is 162 Å². The maximum absolute atomic E-state index is 12.8. The van der Waals surface area contributed by atoms with Crippen molar-refractivity contribution in [2.45, 2.75) is 0 Å². The molecule has 1 N–H and O–H groups in total. The van der Waals surface area contributed by atoms with Gasteiger partial charge >= 0.3 is 0 Å². The molecule has 0 unspecified atom stereocenters. The van der Waals surface area contributed by atoms with Crippen LogP contribution in [0.4, 0.5) is 0 Å². The fraction of sp³-hybridized carbons (Fsp3) is 0.190. The Balaban J connectivity index is 2.03. The molecule has 0 atom stereocenters. The first-order valence-electron chi connectivity index (χ1n) is 8.58. The van der Waals surface area contributed by atoms with Crippen molar-refractivity contribution in [1.29, 1.82) is 0 Å². The highest BCUT2D eigenvalue weighted by molar-refractivity contribution is 5.56. The fourth-order valence-electron chi connectivity index (χ4n) is 2.66. The minimum atomic E-state index is -0.185. The molecule has 0 aliphatic rings. The van der Waals surface area contributed by atoms with Crippen LogP contribution in [0.5, 0.6) is 11.5 Å². The lowest BCUT2D eigenvalue weighted by Crippen LogP contribution is -2.33. The Morgan fingerprint density at radius 2 is 1.68 bits per heavy atom. The van der Waals surface area contributed by atoms with Crippen molar-refractivity contribution in [2.75, 3.05) is 27.8 Å². The van der Waals surface area contributed by atoms with E-state index in [1.54, 1.807) is 18.2 Å². The quantitative estimate of drug-likeness (QED) is 0.596. The lowest BCUT2D eigenvalue weighted by atomic mass is 10.1. The first-order chi connectivity index (χ1) is 13.6. The van der Waals surface area contributed by atoms with Crippen molar-refractivity contribution in [3.63, 3.8) is 0 Å². The molecule has 0 aliphatic carbocycles. The Bertz CT molecular complexity index is 1090. The molecule has 28 heavy (non-hydrogen) atoms. The predicted molar refractivity (Wildman–Crippen MR) is 106 cm³/mol. The Hall–Kier alpha value is -3.29. The zero-order valence-electron chi connectivity index (χ0n) is 15.8. The lowest BCUT2D eigenvalue weighted by molar-refractivity contribution is 0.0322. The molecule has 146 valence electrons. The van der Waals surface area contributed by atoms with E-state index in [1.807, 2.05) is 36.4 Å². The first kappa shape index (κ1) is 19.5. The largest absolute Gasteiger partial charge is 0.464 e. The third kappa shape index (κ3) is 4.33. The molecule has 0 saturated carbocycles. The molecule has 0 radical (unpaired) electrons. The van der Waals surface area contributed by atoms with Gasteiger partial charge in [0.2, 0.25) is 0 Å². The number of para-hydroxylation sites is 1. The molecule has 0 fully saturated rings. The number of aromatic nitrogens is 2. The van der Waals surface area contributed by atoms with Gasteiger partial charge in [-0.1, -0.05) is 30.8 Å². The van der Waals surface area contributed by atoms with Crippen LogP contribution in [0.2, 0.25) is 0 Å². The van der Waals surface area contributed by atoms with E-state index in [0.717, 1.165) is 11.3 Å². The molecule has 0 spiro atoms. The van der Waals surface area contributed by atoms with E-state index in [4.69, 9.17) is 18.9 Å². The molecule has 0 bridgehead atoms. The van der Waals surface area contributed by atoms with Gasteiger partial charge in [0.15, 0.2) is 25.1 Å². The molecule has 0 saturated heterocycles. The third-order valence-electron chi connectivity index (χ3n) is 3.96. The topological polar surface area (TPSA) is 74.7 Å². The summed E-state index contributed by atoms with van der Waals surface area (Å²) in [5.74, 6) is 0.999. The summed E-state index contributed by atoms with van der Waals surface area (Å²) in [4.78, 5) is 12.8. The molecular formula is C21H22N2O5. The van der Waals surface area contributed by atoms with Crippen molar-refractivity contribution in [1.82, 2.24) is 9.78 Å². The summed E-state index contributed by atoms with van der Waals surface area (Å²) in [6, 6.07) is 14.7. The average molecular weight is 382 g/mol. The van der Waals surface area contributed by atoms with Gasteiger partial charge in [-0.05, 0) is 35.9 Å². The summed E-state index contributed by atoms with van der Waals surface area (Å²) in [7, 11) is 3.07. The number of rotatable bonds is 8. The summed E-state index contributed by atoms with van der Waals surface area (Å²) in [5, 5.41) is 3.99. The number of hydrogen-bond donors (Lipinski definition) is 1. The van der Waals surface area contributed by atoms with E-state index in [-0.39, 0.29) is 19.1 Å². The second-order valence-corrected chi connectivity index (χ2v) is 5.93. The first-order valence-corrected chi connectivity index (χ1v) is 8.58. The Morgan fingerprint density at radius 1 is 1.00 bits per heavy atom. The summed E-state index contributed by atoms with van der Waals surface area (Å²) in [6.45, 7) is 4.11. The SMILES string of the molecule is C=c1[nH]n(-c2ccccc2)c(=O)c1=Cc1ccc(OCOC)c(OCOC)c1. The number of H-pyrrole nitrogens is 1. The van der Waals surface area contributed by atoms with E-state index < -0.39 is 0 Å². The number of nitrogens with one attached hydrogen (secondary N) is 1. The van der Waals surface area contributed by atoms with Crippen LogP contribution in [-0.4, -0.2) is 37.6 Å². The molecule has 2 aromatic carbocycles. The smallest absolute Gasteiger partial charge is 0.279 e. The number of methoxy groups -OCH3 is 2. The van der Waals surface area contributed by atoms with Crippen LogP contribution < -0.4 is 25.6 Å². The van der Waals surface area contributed by atoms with Crippen molar-refractivity contribution >= 4 is 12.7 Å². The highest BCUT2D eigenvalue weighted by Gasteiger charge is 2.08. The molecule has 7 heteroatoms. The summed E-state index contributed by atoms with van der Waals surface area (Å²) >= 11 is 0. The van der Waals surface area contributed by atoms with Gasteiger partial charge in [0.25, 0.3) is 5.56 Å². The third-order valence-corrected chi connectivity index (χ3v) is 3.96. The van der Waals surface area contributed by atoms with Crippen molar-refractivity contribution in [3.05, 3.63) is 75.0 Å². The van der Waals surface area contributed by atoms with Crippen LogP contribution in [0.3, 0.4) is 0 Å². The van der Waals surface area contributed by atoms with Gasteiger partial charge < -0.3 is 18.9 Å². The van der Waals surface area contributed by atoms with E-state index >= 15 is 0 Å². The van der Waals surface area contributed by atoms with Gasteiger partial charge in [0.1, 0.15) is 0 Å². The molecule has 0 amide bonds. The van der Waals surface area contributed by atoms with Gasteiger partial charge in [0.05, 0.1) is 16.3 Å². The minimum Gasteiger partial charge on any atom is -0.464 e. The van der Waals surface area contributed by atoms with Crippen LogP contribution in [-0.2, 0) is 9.47 Å². The van der Waals surface area contributed by atoms with Crippen LogP contribution >= 0.6 is 0 Å². The van der Waals surface area contributed by atoms with E-state index in [0.29, 0.717) is 22.1 Å². The monoisotopic (exact) mass is 382 g/mol. The van der Waals surface area contributed by atoms with Crippen LogP contribution in [0.15, 0.2) is 53.3 Å². The molecule has 7 nitrogen and oxygen atoms in total. The second kappa shape index (κ2) is 9.07. The summed E-state index contributed by atoms with van der Waals surface area (Å²) in [5.41, 5.74) is 1.32. The zero-order chi connectivity index (χ0) is 19.9. The molecule has 0 aliphatic heterocycles. The number of nitrogens with zero attached hydrogens (tertiary/aromatic N) is 1. The van der Waals surface area contributed by atoms with E-state index in [2.05, 4.69) is 11.7 Å². The summed E-state index contributed by atoms with van der Waals surface area (Å²) in [6.07, 6.45) is 1.75. The van der Waals surface area contributed by atoms with Gasteiger partial charge in [-0.15, -0.1) is 0 Å². The van der Waals surface area contributed by atoms with Crippen LogP contribution in [0.1, 0.15) is 5.56 Å². The fourth-order valence-corrected chi connectivity index (χ4v) is 2.66. The van der Waals surface area contributed by atoms with Gasteiger partial charge in [-0.3, -0.25) is 9.89 Å². The van der Waals surface area contributed by atoms with Gasteiger partial charge in [-0.25, -0.2) is 4.68 Å². The maximum Gasteiger partial charge on any atom is 0.279 e. The predicted octanol–water partition coefficient (Wildman–Crippen LogP) is 1.37. The number of hydrogen-bond acceptors (Lipinski definition) is 5. The molecule has 3 rings (SSSR count). The Morgan fingerprint density at radius 3 is 2.36 bits per heavy atom. The Kier molecular flexibility index (Phi) is 6.31. The minimum absolute atomic E-state index is 0.0678. The van der Waals surface area contributed by atoms with Crippen molar-refractivity contribution in [2.24, 2.45) is 0 Å². The second-order valence-electron chi connectivity index (χ2n) is 5.93. The number of ether oxygens (including phenoxy) is 4. The zero-order valence-corrected chi connectivity index (χ0v) is 15.8. The number of aromatic amines is 1. The number of benzene rings is 2. The van der Waals surface area contributed by atoms with Gasteiger partial charge in [-0.2, -0.15) is 0 Å². The maximum atomic E-state index is 12.8. The molecular weight excluding hydrogens is 360 g/mol.